The largest absolute Gasteiger partial charge is 0.377 e. The molecule has 0 aromatic heterocycles. The molecular formula is C5H10OS2. The van der Waals surface area contributed by atoms with Crippen LogP contribution in [0.25, 0.3) is 0 Å². The summed E-state index contributed by atoms with van der Waals surface area (Å²) in [5.41, 5.74) is 0. The first-order valence-electron chi connectivity index (χ1n) is 2.81. The van der Waals surface area contributed by atoms with Gasteiger partial charge in [0.05, 0.1) is 6.10 Å². The highest BCUT2D eigenvalue weighted by Crippen LogP contribution is 2.18. The van der Waals surface area contributed by atoms with Crippen LogP contribution in [0.1, 0.15) is 12.8 Å². The van der Waals surface area contributed by atoms with Crippen molar-refractivity contribution in [2.45, 2.75) is 18.9 Å². The number of ether oxygens (including phenoxy) is 1. The number of hydrogen-bond donors (Lipinski definition) is 1. The molecule has 0 bridgehead atoms. The Morgan fingerprint density at radius 1 is 1.75 bits per heavy atom. The molecule has 0 radical (unpaired) electrons. The molecule has 0 aromatic rings. The van der Waals surface area contributed by atoms with Gasteiger partial charge in [-0.2, -0.15) is 0 Å². The Bertz CT molecular complexity index is 61.4. The second kappa shape index (κ2) is 3.64. The first-order chi connectivity index (χ1) is 3.93. The van der Waals surface area contributed by atoms with E-state index in [1.165, 1.54) is 12.8 Å². The summed E-state index contributed by atoms with van der Waals surface area (Å²) in [6, 6.07) is 0. The van der Waals surface area contributed by atoms with Crippen LogP contribution in [0.5, 0.6) is 0 Å². The lowest BCUT2D eigenvalue weighted by Crippen LogP contribution is -2.06. The molecule has 0 N–H and O–H groups in total. The summed E-state index contributed by atoms with van der Waals surface area (Å²) < 4.78 is 5.32. The molecule has 1 aliphatic rings. The molecule has 1 rings (SSSR count). The monoisotopic (exact) mass is 150 g/mol. The van der Waals surface area contributed by atoms with Crippen LogP contribution in [0.4, 0.5) is 0 Å². The van der Waals surface area contributed by atoms with Crippen molar-refractivity contribution in [3.8, 4) is 0 Å². The van der Waals surface area contributed by atoms with Crippen LogP contribution in [-0.4, -0.2) is 18.5 Å². The lowest BCUT2D eigenvalue weighted by atomic mass is 10.3. The maximum Gasteiger partial charge on any atom is 0.0674 e. The summed E-state index contributed by atoms with van der Waals surface area (Å²) in [6.45, 7) is 0.957. The molecule has 1 unspecified atom stereocenters. The molecule has 1 nitrogen and oxygen atoms in total. The van der Waals surface area contributed by atoms with Gasteiger partial charge in [-0.15, -0.1) is 11.7 Å². The molecule has 1 heterocycles. The van der Waals surface area contributed by atoms with Gasteiger partial charge < -0.3 is 4.74 Å². The molecule has 3 heteroatoms. The average Bonchev–Trinajstić information content (AvgIpc) is 2.19. The van der Waals surface area contributed by atoms with E-state index in [0.717, 1.165) is 12.4 Å². The van der Waals surface area contributed by atoms with E-state index in [9.17, 15) is 0 Å². The topological polar surface area (TPSA) is 9.23 Å². The quantitative estimate of drug-likeness (QED) is 0.474. The minimum Gasteiger partial charge on any atom is -0.377 e. The summed E-state index contributed by atoms with van der Waals surface area (Å²) in [5.74, 6) is 1.04. The van der Waals surface area contributed by atoms with Gasteiger partial charge >= 0.3 is 0 Å². The molecule has 0 saturated carbocycles. The van der Waals surface area contributed by atoms with Crippen LogP contribution >= 0.6 is 22.5 Å². The SMILES string of the molecule is SSCC1CCCO1. The molecule has 0 spiro atoms. The van der Waals surface area contributed by atoms with Crippen LogP contribution in [0.3, 0.4) is 0 Å². The van der Waals surface area contributed by atoms with E-state index in [1.807, 2.05) is 0 Å². The van der Waals surface area contributed by atoms with Gasteiger partial charge in [0.2, 0.25) is 0 Å². The fraction of sp³-hybridized carbons (Fsp3) is 1.00. The van der Waals surface area contributed by atoms with Crippen molar-refractivity contribution >= 4 is 22.5 Å². The predicted molar refractivity (Wildman–Crippen MR) is 40.4 cm³/mol. The lowest BCUT2D eigenvalue weighted by molar-refractivity contribution is 0.129. The van der Waals surface area contributed by atoms with E-state index in [0.29, 0.717) is 6.10 Å². The van der Waals surface area contributed by atoms with Crippen LogP contribution in [-0.2, 0) is 4.74 Å². The van der Waals surface area contributed by atoms with Crippen LogP contribution < -0.4 is 0 Å². The summed E-state index contributed by atoms with van der Waals surface area (Å²) in [6.07, 6.45) is 2.96. The van der Waals surface area contributed by atoms with E-state index < -0.39 is 0 Å². The standard InChI is InChI=1S/C5H10OS2/c7-8-4-5-2-1-3-6-5/h5,7H,1-4H2. The van der Waals surface area contributed by atoms with Crippen molar-refractivity contribution in [2.24, 2.45) is 0 Å². The summed E-state index contributed by atoms with van der Waals surface area (Å²) in [7, 11) is 1.57. The van der Waals surface area contributed by atoms with Gasteiger partial charge in [0.1, 0.15) is 0 Å². The number of rotatable bonds is 2. The smallest absolute Gasteiger partial charge is 0.0674 e. The summed E-state index contributed by atoms with van der Waals surface area (Å²) in [5, 5.41) is 0. The average molecular weight is 150 g/mol. The Balaban J connectivity index is 2.06. The zero-order valence-electron chi connectivity index (χ0n) is 4.67. The highest BCUT2D eigenvalue weighted by atomic mass is 33.1. The molecule has 1 fully saturated rings. The fourth-order valence-electron chi connectivity index (χ4n) is 0.859. The normalized spacial score (nSPS) is 28.9. The maximum absolute atomic E-state index is 5.32. The Morgan fingerprint density at radius 2 is 2.62 bits per heavy atom. The van der Waals surface area contributed by atoms with Gasteiger partial charge in [-0.3, -0.25) is 0 Å². The second-order valence-electron chi connectivity index (χ2n) is 1.93. The molecule has 1 aliphatic heterocycles. The van der Waals surface area contributed by atoms with Gasteiger partial charge in [-0.05, 0) is 12.8 Å². The molecule has 0 aromatic carbocycles. The molecule has 1 atom stereocenters. The molecular weight excluding hydrogens is 140 g/mol. The van der Waals surface area contributed by atoms with Crippen molar-refractivity contribution in [3.05, 3.63) is 0 Å². The Kier molecular flexibility index (Phi) is 3.08. The van der Waals surface area contributed by atoms with Crippen LogP contribution in [0.2, 0.25) is 0 Å². The third-order valence-electron chi connectivity index (χ3n) is 1.28. The lowest BCUT2D eigenvalue weighted by Gasteiger charge is -2.03. The van der Waals surface area contributed by atoms with E-state index >= 15 is 0 Å². The minimum absolute atomic E-state index is 0.498. The number of thiol groups is 1. The van der Waals surface area contributed by atoms with Crippen molar-refractivity contribution in [1.82, 2.24) is 0 Å². The van der Waals surface area contributed by atoms with Gasteiger partial charge in [-0.1, -0.05) is 10.8 Å². The Morgan fingerprint density at radius 3 is 3.12 bits per heavy atom. The molecule has 48 valence electrons. The van der Waals surface area contributed by atoms with Gasteiger partial charge in [-0.25, -0.2) is 0 Å². The molecule has 8 heavy (non-hydrogen) atoms. The predicted octanol–water partition coefficient (Wildman–Crippen LogP) is 1.74. The molecule has 1 saturated heterocycles. The molecule has 0 amide bonds. The highest BCUT2D eigenvalue weighted by molar-refractivity contribution is 8.68. The van der Waals surface area contributed by atoms with E-state index in [4.69, 9.17) is 4.74 Å². The third kappa shape index (κ3) is 1.88. The van der Waals surface area contributed by atoms with Gasteiger partial charge in [0.25, 0.3) is 0 Å². The zero-order chi connectivity index (χ0) is 5.82. The van der Waals surface area contributed by atoms with Crippen LogP contribution in [0.15, 0.2) is 0 Å². The van der Waals surface area contributed by atoms with E-state index in [-0.39, 0.29) is 0 Å². The second-order valence-corrected chi connectivity index (χ2v) is 3.30. The van der Waals surface area contributed by atoms with E-state index in [1.54, 1.807) is 10.8 Å². The zero-order valence-corrected chi connectivity index (χ0v) is 6.38. The van der Waals surface area contributed by atoms with Gasteiger partial charge in [0.15, 0.2) is 0 Å². The summed E-state index contributed by atoms with van der Waals surface area (Å²) >= 11 is 4.03. The third-order valence-corrected chi connectivity index (χ3v) is 2.25. The summed E-state index contributed by atoms with van der Waals surface area (Å²) in [4.78, 5) is 0. The fourth-order valence-corrected chi connectivity index (χ4v) is 1.79. The van der Waals surface area contributed by atoms with Crippen molar-refractivity contribution in [2.75, 3.05) is 12.4 Å². The number of hydrogen-bond acceptors (Lipinski definition) is 3. The van der Waals surface area contributed by atoms with Crippen molar-refractivity contribution in [3.63, 3.8) is 0 Å². The first-order valence-corrected chi connectivity index (χ1v) is 4.85. The molecule has 0 aliphatic carbocycles. The Labute approximate surface area is 59.0 Å². The highest BCUT2D eigenvalue weighted by Gasteiger charge is 2.13. The minimum atomic E-state index is 0.498. The van der Waals surface area contributed by atoms with Gasteiger partial charge in [0, 0.05) is 12.4 Å². The van der Waals surface area contributed by atoms with E-state index in [2.05, 4.69) is 11.7 Å². The van der Waals surface area contributed by atoms with Crippen molar-refractivity contribution < 1.29 is 4.74 Å². The van der Waals surface area contributed by atoms with Crippen LogP contribution in [0, 0.1) is 0 Å². The maximum atomic E-state index is 5.32. The first kappa shape index (κ1) is 6.78. The Hall–Kier alpha value is 0.660. The van der Waals surface area contributed by atoms with Crippen molar-refractivity contribution in [1.29, 1.82) is 0 Å².